The van der Waals surface area contributed by atoms with E-state index in [0.717, 1.165) is 6.54 Å². The van der Waals surface area contributed by atoms with Gasteiger partial charge in [0.15, 0.2) is 0 Å². The summed E-state index contributed by atoms with van der Waals surface area (Å²) in [5, 5.41) is 2.60. The molecule has 1 aliphatic rings. The van der Waals surface area contributed by atoms with E-state index in [1.165, 1.54) is 6.20 Å². The number of hydrogen-bond donors (Lipinski definition) is 2. The van der Waals surface area contributed by atoms with E-state index in [1.54, 1.807) is 24.1 Å². The van der Waals surface area contributed by atoms with Gasteiger partial charge >= 0.3 is 0 Å². The van der Waals surface area contributed by atoms with Gasteiger partial charge in [-0.3, -0.25) is 9.59 Å². The third kappa shape index (κ3) is 2.72. The highest BCUT2D eigenvalue weighted by Gasteiger charge is 2.34. The molecule has 0 bridgehead atoms. The van der Waals surface area contributed by atoms with Crippen molar-refractivity contribution in [3.8, 4) is 0 Å². The highest BCUT2D eigenvalue weighted by atomic mass is 16.2. The zero-order chi connectivity index (χ0) is 14.7. The molecule has 1 aromatic heterocycles. The van der Waals surface area contributed by atoms with Crippen molar-refractivity contribution in [2.24, 2.45) is 0 Å². The van der Waals surface area contributed by atoms with Gasteiger partial charge in [0, 0.05) is 32.9 Å². The van der Waals surface area contributed by atoms with E-state index in [4.69, 9.17) is 5.73 Å². The van der Waals surface area contributed by atoms with Crippen LogP contribution in [0.15, 0.2) is 18.3 Å². The molecule has 1 fully saturated rings. The highest BCUT2D eigenvalue weighted by molar-refractivity contribution is 6.00. The first-order valence-corrected chi connectivity index (χ1v) is 6.46. The first-order chi connectivity index (χ1) is 9.54. The van der Waals surface area contributed by atoms with Gasteiger partial charge in [0.1, 0.15) is 11.9 Å². The lowest BCUT2D eigenvalue weighted by atomic mass is 10.1. The van der Waals surface area contributed by atoms with Crippen LogP contribution in [0.5, 0.6) is 0 Å². The Hall–Kier alpha value is -2.15. The van der Waals surface area contributed by atoms with Crippen molar-refractivity contribution in [2.45, 2.75) is 6.04 Å². The zero-order valence-corrected chi connectivity index (χ0v) is 11.7. The fourth-order valence-corrected chi connectivity index (χ4v) is 2.31. The summed E-state index contributed by atoms with van der Waals surface area (Å²) in [4.78, 5) is 32.0. The number of rotatable bonds is 2. The second-order valence-electron chi connectivity index (χ2n) is 4.83. The molecule has 1 aromatic rings. The first-order valence-electron chi connectivity index (χ1n) is 6.46. The van der Waals surface area contributed by atoms with E-state index in [2.05, 4.69) is 10.3 Å². The second kappa shape index (κ2) is 5.87. The van der Waals surface area contributed by atoms with Gasteiger partial charge in [-0.1, -0.05) is 0 Å². The fraction of sp³-hybridized carbons (Fsp3) is 0.462. The molecule has 1 aliphatic heterocycles. The number of amides is 2. The monoisotopic (exact) mass is 277 g/mol. The SMILES string of the molecule is CNC(=O)[C@H]1CN(C)CCN1C(=O)c1cccnc1N. The number of likely N-dealkylation sites (N-methyl/N-ethyl adjacent to an activating group) is 2. The van der Waals surface area contributed by atoms with Gasteiger partial charge in [0.25, 0.3) is 5.91 Å². The topological polar surface area (TPSA) is 91.6 Å². The summed E-state index contributed by atoms with van der Waals surface area (Å²) < 4.78 is 0. The molecule has 0 radical (unpaired) electrons. The minimum absolute atomic E-state index is 0.174. The summed E-state index contributed by atoms with van der Waals surface area (Å²) in [6.07, 6.45) is 1.53. The molecule has 2 amide bonds. The molecule has 0 aromatic carbocycles. The average molecular weight is 277 g/mol. The molecule has 7 nitrogen and oxygen atoms in total. The van der Waals surface area contributed by atoms with Gasteiger partial charge < -0.3 is 20.9 Å². The molecular weight excluding hydrogens is 258 g/mol. The average Bonchev–Trinajstić information content (AvgIpc) is 2.46. The van der Waals surface area contributed by atoms with Crippen LogP contribution in [-0.4, -0.2) is 66.4 Å². The van der Waals surface area contributed by atoms with Gasteiger partial charge in [-0.15, -0.1) is 0 Å². The van der Waals surface area contributed by atoms with Crippen LogP contribution in [0.25, 0.3) is 0 Å². The Morgan fingerprint density at radius 2 is 2.20 bits per heavy atom. The number of aromatic nitrogens is 1. The lowest BCUT2D eigenvalue weighted by Crippen LogP contribution is -2.59. The summed E-state index contributed by atoms with van der Waals surface area (Å²) in [6.45, 7) is 1.72. The van der Waals surface area contributed by atoms with Crippen molar-refractivity contribution in [3.63, 3.8) is 0 Å². The first kappa shape index (κ1) is 14.3. The Labute approximate surface area is 117 Å². The molecule has 0 unspecified atom stereocenters. The summed E-state index contributed by atoms with van der Waals surface area (Å²) in [5.74, 6) is -0.239. The fourth-order valence-electron chi connectivity index (χ4n) is 2.31. The van der Waals surface area contributed by atoms with E-state index in [0.29, 0.717) is 18.7 Å². The molecule has 2 heterocycles. The number of nitrogens with two attached hydrogens (primary N) is 1. The van der Waals surface area contributed by atoms with Gasteiger partial charge in [0.05, 0.1) is 5.56 Å². The van der Waals surface area contributed by atoms with Crippen molar-refractivity contribution in [2.75, 3.05) is 39.5 Å². The number of piperazine rings is 1. The van der Waals surface area contributed by atoms with E-state index in [-0.39, 0.29) is 17.6 Å². The number of nitrogens with one attached hydrogen (secondary N) is 1. The van der Waals surface area contributed by atoms with Crippen LogP contribution < -0.4 is 11.1 Å². The van der Waals surface area contributed by atoms with Gasteiger partial charge in [0.2, 0.25) is 5.91 Å². The number of anilines is 1. The molecule has 7 heteroatoms. The molecule has 0 spiro atoms. The van der Waals surface area contributed by atoms with Crippen LogP contribution in [0.2, 0.25) is 0 Å². The van der Waals surface area contributed by atoms with Gasteiger partial charge in [-0.25, -0.2) is 4.98 Å². The van der Waals surface area contributed by atoms with Crippen LogP contribution in [0.4, 0.5) is 5.82 Å². The van der Waals surface area contributed by atoms with Crippen molar-refractivity contribution in [1.29, 1.82) is 0 Å². The number of nitrogen functional groups attached to an aromatic ring is 1. The molecule has 108 valence electrons. The molecule has 1 saturated heterocycles. The number of pyridine rings is 1. The Kier molecular flexibility index (Phi) is 4.19. The van der Waals surface area contributed by atoms with Crippen LogP contribution in [0.3, 0.4) is 0 Å². The number of nitrogens with zero attached hydrogens (tertiary/aromatic N) is 3. The van der Waals surface area contributed by atoms with Crippen LogP contribution in [0.1, 0.15) is 10.4 Å². The summed E-state index contributed by atoms with van der Waals surface area (Å²) >= 11 is 0. The van der Waals surface area contributed by atoms with Crippen molar-refractivity contribution >= 4 is 17.6 Å². The molecule has 0 saturated carbocycles. The minimum atomic E-state index is -0.508. The van der Waals surface area contributed by atoms with E-state index >= 15 is 0 Å². The second-order valence-corrected chi connectivity index (χ2v) is 4.83. The molecule has 0 aliphatic carbocycles. The Bertz CT molecular complexity index is 519. The van der Waals surface area contributed by atoms with Crippen LogP contribution in [0, 0.1) is 0 Å². The maximum atomic E-state index is 12.6. The summed E-state index contributed by atoms with van der Waals surface area (Å²) in [7, 11) is 3.49. The largest absolute Gasteiger partial charge is 0.383 e. The highest BCUT2D eigenvalue weighted by Crippen LogP contribution is 2.16. The normalized spacial score (nSPS) is 19.7. The Balaban J connectivity index is 2.27. The predicted octanol–water partition coefficient (Wildman–Crippen LogP) is -0.834. The van der Waals surface area contributed by atoms with Crippen molar-refractivity contribution in [3.05, 3.63) is 23.9 Å². The minimum Gasteiger partial charge on any atom is -0.383 e. The predicted molar refractivity (Wildman–Crippen MR) is 75.0 cm³/mol. The zero-order valence-electron chi connectivity index (χ0n) is 11.7. The van der Waals surface area contributed by atoms with Crippen LogP contribution in [-0.2, 0) is 4.79 Å². The molecule has 1 atom stereocenters. The standard InChI is InChI=1S/C13H19N5O2/c1-15-12(19)10-8-17(2)6-7-18(10)13(20)9-4-3-5-16-11(9)14/h3-5,10H,6-8H2,1-2H3,(H2,14,16)(H,15,19)/t10-/m1/s1. The smallest absolute Gasteiger partial charge is 0.258 e. The quantitative estimate of drug-likeness (QED) is 0.736. The lowest BCUT2D eigenvalue weighted by Gasteiger charge is -2.38. The van der Waals surface area contributed by atoms with E-state index < -0.39 is 6.04 Å². The van der Waals surface area contributed by atoms with E-state index in [1.807, 2.05) is 11.9 Å². The van der Waals surface area contributed by atoms with Crippen molar-refractivity contribution < 1.29 is 9.59 Å². The third-order valence-electron chi connectivity index (χ3n) is 3.46. The van der Waals surface area contributed by atoms with Gasteiger partial charge in [-0.05, 0) is 19.2 Å². The third-order valence-corrected chi connectivity index (χ3v) is 3.46. The number of carbonyl (C=O) groups excluding carboxylic acids is 2. The Morgan fingerprint density at radius 3 is 2.85 bits per heavy atom. The Morgan fingerprint density at radius 1 is 1.45 bits per heavy atom. The lowest BCUT2D eigenvalue weighted by molar-refractivity contribution is -0.126. The van der Waals surface area contributed by atoms with Gasteiger partial charge in [-0.2, -0.15) is 0 Å². The number of hydrogen-bond acceptors (Lipinski definition) is 5. The summed E-state index contributed by atoms with van der Waals surface area (Å²) in [6, 6.07) is 2.78. The number of carbonyl (C=O) groups is 2. The molecule has 2 rings (SSSR count). The molecule has 20 heavy (non-hydrogen) atoms. The van der Waals surface area contributed by atoms with E-state index in [9.17, 15) is 9.59 Å². The molecular formula is C13H19N5O2. The summed E-state index contributed by atoms with van der Waals surface area (Å²) in [5.41, 5.74) is 6.08. The molecule has 3 N–H and O–H groups in total. The van der Waals surface area contributed by atoms with Crippen molar-refractivity contribution in [1.82, 2.24) is 20.1 Å². The van der Waals surface area contributed by atoms with Crippen LogP contribution >= 0.6 is 0 Å². The maximum absolute atomic E-state index is 12.6. The maximum Gasteiger partial charge on any atom is 0.258 e.